The number of carbonyl (C=O) groups excluding carboxylic acids is 1. The molecule has 5 nitrogen and oxygen atoms in total. The molecule has 1 aromatic heterocycles. The molecule has 4 N–H and O–H groups in total. The van der Waals surface area contributed by atoms with Gasteiger partial charge in [0.1, 0.15) is 17.3 Å². The highest BCUT2D eigenvalue weighted by molar-refractivity contribution is 6.06. The molecule has 1 amide bonds. The molecule has 0 unspecified atom stereocenters. The third kappa shape index (κ3) is 2.02. The number of benzene rings is 1. The number of halogens is 2. The van der Waals surface area contributed by atoms with Gasteiger partial charge in [-0.15, -0.1) is 0 Å². The maximum Gasteiger partial charge on any atom is 0.278 e. The summed E-state index contributed by atoms with van der Waals surface area (Å²) in [4.78, 5) is 11.7. The molecule has 0 aliphatic carbocycles. The Hall–Kier alpha value is -2.44. The van der Waals surface area contributed by atoms with Crippen molar-refractivity contribution in [2.75, 3.05) is 11.1 Å². The average molecular weight is 252 g/mol. The minimum atomic E-state index is -0.867. The van der Waals surface area contributed by atoms with Crippen LogP contribution in [-0.4, -0.2) is 16.1 Å². The summed E-state index contributed by atoms with van der Waals surface area (Å²) in [5.41, 5.74) is 5.62. The molecule has 94 valence electrons. The van der Waals surface area contributed by atoms with E-state index >= 15 is 0 Å². The zero-order valence-corrected chi connectivity index (χ0v) is 9.42. The SMILES string of the molecule is Cc1[nH]nc(C(=O)Nc2c(F)cccc2F)c1N. The van der Waals surface area contributed by atoms with E-state index in [4.69, 9.17) is 5.73 Å². The molecule has 0 bridgehead atoms. The van der Waals surface area contributed by atoms with Crippen molar-refractivity contribution in [1.29, 1.82) is 0 Å². The van der Waals surface area contributed by atoms with Crippen molar-refractivity contribution < 1.29 is 13.6 Å². The number of para-hydroxylation sites is 1. The fourth-order valence-electron chi connectivity index (χ4n) is 1.40. The third-order valence-corrected chi connectivity index (χ3v) is 2.41. The van der Waals surface area contributed by atoms with Gasteiger partial charge in [-0.25, -0.2) is 8.78 Å². The molecule has 7 heteroatoms. The molecule has 0 aliphatic rings. The number of aryl methyl sites for hydroxylation is 1. The quantitative estimate of drug-likeness (QED) is 0.762. The van der Waals surface area contributed by atoms with E-state index in [1.54, 1.807) is 6.92 Å². The number of hydrogen-bond donors (Lipinski definition) is 3. The predicted octanol–water partition coefficient (Wildman–Crippen LogP) is 1.83. The largest absolute Gasteiger partial charge is 0.395 e. The minimum Gasteiger partial charge on any atom is -0.395 e. The maximum atomic E-state index is 13.3. The van der Waals surface area contributed by atoms with Crippen LogP contribution in [0.1, 0.15) is 16.2 Å². The fraction of sp³-hybridized carbons (Fsp3) is 0.0909. The van der Waals surface area contributed by atoms with Gasteiger partial charge in [0.25, 0.3) is 5.91 Å². The Bertz CT molecular complexity index is 589. The van der Waals surface area contributed by atoms with E-state index in [1.165, 1.54) is 6.07 Å². The summed E-state index contributed by atoms with van der Waals surface area (Å²) in [5, 5.41) is 8.27. The first-order chi connectivity index (χ1) is 8.50. The van der Waals surface area contributed by atoms with Crippen molar-refractivity contribution in [3.8, 4) is 0 Å². The molecule has 0 saturated heterocycles. The molecular formula is C11H10F2N4O. The summed E-state index contributed by atoms with van der Waals surface area (Å²) in [7, 11) is 0. The van der Waals surface area contributed by atoms with Crippen molar-refractivity contribution in [2.24, 2.45) is 0 Å². The van der Waals surface area contributed by atoms with Crippen LogP contribution in [0.4, 0.5) is 20.2 Å². The summed E-state index contributed by atoms with van der Waals surface area (Å²) in [5.74, 6) is -2.51. The summed E-state index contributed by atoms with van der Waals surface area (Å²) < 4.78 is 26.6. The van der Waals surface area contributed by atoms with Crippen LogP contribution in [0, 0.1) is 18.6 Å². The Morgan fingerprint density at radius 3 is 2.50 bits per heavy atom. The van der Waals surface area contributed by atoms with Crippen LogP contribution in [-0.2, 0) is 0 Å². The van der Waals surface area contributed by atoms with Gasteiger partial charge in [0, 0.05) is 0 Å². The number of nitrogens with two attached hydrogens (primary N) is 1. The number of hydrogen-bond acceptors (Lipinski definition) is 3. The van der Waals surface area contributed by atoms with E-state index in [1.807, 2.05) is 0 Å². The topological polar surface area (TPSA) is 83.8 Å². The summed E-state index contributed by atoms with van der Waals surface area (Å²) >= 11 is 0. The second-order valence-corrected chi connectivity index (χ2v) is 3.66. The second-order valence-electron chi connectivity index (χ2n) is 3.66. The van der Waals surface area contributed by atoms with Crippen LogP contribution in [0.5, 0.6) is 0 Å². The van der Waals surface area contributed by atoms with Gasteiger partial charge >= 0.3 is 0 Å². The van der Waals surface area contributed by atoms with Gasteiger partial charge in [-0.1, -0.05) is 6.07 Å². The number of nitrogen functional groups attached to an aromatic ring is 1. The summed E-state index contributed by atoms with van der Waals surface area (Å²) in [6, 6.07) is 3.28. The standard InChI is InChI=1S/C11H10F2N4O/c1-5-8(14)10(17-16-5)11(18)15-9-6(12)3-2-4-7(9)13/h2-4H,14H2,1H3,(H,15,18)(H,16,17). The molecule has 1 heterocycles. The first kappa shape index (κ1) is 12.0. The molecular weight excluding hydrogens is 242 g/mol. The Morgan fingerprint density at radius 2 is 2.00 bits per heavy atom. The third-order valence-electron chi connectivity index (χ3n) is 2.41. The molecule has 0 atom stereocenters. The minimum absolute atomic E-state index is 0.102. The van der Waals surface area contributed by atoms with Crippen LogP contribution in [0.2, 0.25) is 0 Å². The molecule has 0 spiro atoms. The lowest BCUT2D eigenvalue weighted by Crippen LogP contribution is -2.16. The smallest absolute Gasteiger partial charge is 0.278 e. The van der Waals surface area contributed by atoms with Crippen molar-refractivity contribution in [1.82, 2.24) is 10.2 Å². The lowest BCUT2D eigenvalue weighted by atomic mass is 10.2. The van der Waals surface area contributed by atoms with Crippen molar-refractivity contribution in [3.63, 3.8) is 0 Å². The van der Waals surface area contributed by atoms with E-state index in [-0.39, 0.29) is 11.4 Å². The van der Waals surface area contributed by atoms with Gasteiger partial charge in [0.2, 0.25) is 0 Å². The zero-order valence-electron chi connectivity index (χ0n) is 9.42. The van der Waals surface area contributed by atoms with Crippen molar-refractivity contribution in [3.05, 3.63) is 41.2 Å². The highest BCUT2D eigenvalue weighted by Gasteiger charge is 2.18. The van der Waals surface area contributed by atoms with E-state index in [9.17, 15) is 13.6 Å². The average Bonchev–Trinajstić information content (AvgIpc) is 2.65. The van der Waals surface area contributed by atoms with Gasteiger partial charge in [-0.3, -0.25) is 9.89 Å². The Balaban J connectivity index is 2.30. The number of amides is 1. The number of nitrogens with one attached hydrogen (secondary N) is 2. The molecule has 2 rings (SSSR count). The van der Waals surface area contributed by atoms with E-state index in [0.717, 1.165) is 12.1 Å². The van der Waals surface area contributed by atoms with Gasteiger partial charge in [0.15, 0.2) is 5.69 Å². The second kappa shape index (κ2) is 4.44. The number of aromatic nitrogens is 2. The first-order valence-corrected chi connectivity index (χ1v) is 5.06. The van der Waals surface area contributed by atoms with Crippen molar-refractivity contribution in [2.45, 2.75) is 6.92 Å². The Morgan fingerprint density at radius 1 is 1.39 bits per heavy atom. The molecule has 18 heavy (non-hydrogen) atoms. The zero-order chi connectivity index (χ0) is 13.3. The van der Waals surface area contributed by atoms with Gasteiger partial charge in [-0.05, 0) is 19.1 Å². The molecule has 0 aliphatic heterocycles. The molecule has 0 fully saturated rings. The van der Waals surface area contributed by atoms with Crippen LogP contribution >= 0.6 is 0 Å². The summed E-state index contributed by atoms with van der Waals surface area (Å²) in [6.45, 7) is 1.63. The predicted molar refractivity (Wildman–Crippen MR) is 62.0 cm³/mol. The lowest BCUT2D eigenvalue weighted by Gasteiger charge is -2.06. The van der Waals surface area contributed by atoms with Gasteiger partial charge in [0.05, 0.1) is 11.4 Å². The monoisotopic (exact) mass is 252 g/mol. The van der Waals surface area contributed by atoms with Gasteiger partial charge in [-0.2, -0.15) is 5.10 Å². The van der Waals surface area contributed by atoms with Crippen LogP contribution in [0.3, 0.4) is 0 Å². The number of anilines is 2. The van der Waals surface area contributed by atoms with E-state index in [2.05, 4.69) is 15.5 Å². The number of aromatic amines is 1. The number of rotatable bonds is 2. The highest BCUT2D eigenvalue weighted by atomic mass is 19.1. The highest BCUT2D eigenvalue weighted by Crippen LogP contribution is 2.20. The molecule has 0 radical (unpaired) electrons. The normalized spacial score (nSPS) is 10.4. The lowest BCUT2D eigenvalue weighted by molar-refractivity contribution is 0.102. The first-order valence-electron chi connectivity index (χ1n) is 5.06. The van der Waals surface area contributed by atoms with Crippen molar-refractivity contribution >= 4 is 17.3 Å². The number of H-pyrrole nitrogens is 1. The molecule has 1 aromatic carbocycles. The molecule has 2 aromatic rings. The fourth-order valence-corrected chi connectivity index (χ4v) is 1.40. The van der Waals surface area contributed by atoms with Crippen LogP contribution in [0.15, 0.2) is 18.2 Å². The maximum absolute atomic E-state index is 13.3. The van der Waals surface area contributed by atoms with E-state index < -0.39 is 23.2 Å². The molecule has 0 saturated carbocycles. The number of nitrogens with zero attached hydrogens (tertiary/aromatic N) is 1. The van der Waals surface area contributed by atoms with Crippen LogP contribution in [0.25, 0.3) is 0 Å². The number of carbonyl (C=O) groups is 1. The Labute approximate surface area is 101 Å². The van der Waals surface area contributed by atoms with Crippen LogP contribution < -0.4 is 11.1 Å². The summed E-state index contributed by atoms with van der Waals surface area (Å²) in [6.07, 6.45) is 0. The van der Waals surface area contributed by atoms with Gasteiger partial charge < -0.3 is 11.1 Å². The van der Waals surface area contributed by atoms with E-state index in [0.29, 0.717) is 5.69 Å². The Kier molecular flexibility index (Phi) is 2.97.